The summed E-state index contributed by atoms with van der Waals surface area (Å²) in [6, 6.07) is 0. The van der Waals surface area contributed by atoms with Crippen molar-refractivity contribution in [1.29, 1.82) is 0 Å². The number of anilines is 1. The summed E-state index contributed by atoms with van der Waals surface area (Å²) in [5.74, 6) is 0.320. The van der Waals surface area contributed by atoms with E-state index in [0.717, 1.165) is 18.7 Å². The number of aliphatic hydroxyl groups is 1. The van der Waals surface area contributed by atoms with E-state index < -0.39 is 18.4 Å². The number of rotatable bonds is 20. The molecule has 11 heteroatoms. The van der Waals surface area contributed by atoms with Crippen LogP contribution in [-0.2, 0) is 22.6 Å². The molecular formula is C29H48N8O3. The molecule has 0 aromatic carbocycles. The van der Waals surface area contributed by atoms with E-state index in [0.29, 0.717) is 36.6 Å². The van der Waals surface area contributed by atoms with Gasteiger partial charge in [0, 0.05) is 13.0 Å². The third-order valence-corrected chi connectivity index (χ3v) is 7.75. The first kappa shape index (κ1) is 30.3. The minimum Gasteiger partial charge on any atom is -0.390 e. The van der Waals surface area contributed by atoms with Crippen LogP contribution in [0, 0.1) is 0 Å². The van der Waals surface area contributed by atoms with Gasteiger partial charge in [-0.2, -0.15) is 0 Å². The van der Waals surface area contributed by atoms with Gasteiger partial charge in [-0.3, -0.25) is 4.57 Å². The third-order valence-electron chi connectivity index (χ3n) is 7.75. The largest absolute Gasteiger partial charge is 0.390 e. The van der Waals surface area contributed by atoms with E-state index in [1.807, 2.05) is 6.20 Å². The fraction of sp³-hybridized carbons (Fsp3) is 0.759. The van der Waals surface area contributed by atoms with Gasteiger partial charge in [0.25, 0.3) is 0 Å². The number of unbranched alkanes of at least 4 members (excludes halogenated alkanes) is 13. The Kier molecular flexibility index (Phi) is 12.6. The molecule has 3 N–H and O–H groups in total. The SMILES string of the molecule is CCCCCCCCCCCCCCCCOCc1cn(C[C@H]2O[C@@H](n3cnc4c(N)ncnc43)C[C@@H]2O)nn1. The summed E-state index contributed by atoms with van der Waals surface area (Å²) < 4.78 is 15.4. The van der Waals surface area contributed by atoms with Crippen LogP contribution in [0.3, 0.4) is 0 Å². The van der Waals surface area contributed by atoms with E-state index in [1.54, 1.807) is 15.6 Å². The molecule has 1 fully saturated rings. The van der Waals surface area contributed by atoms with Crippen molar-refractivity contribution in [3.63, 3.8) is 0 Å². The van der Waals surface area contributed by atoms with E-state index in [2.05, 4.69) is 32.2 Å². The van der Waals surface area contributed by atoms with E-state index in [-0.39, 0.29) is 0 Å². The fourth-order valence-corrected chi connectivity index (χ4v) is 5.38. The van der Waals surface area contributed by atoms with Crippen molar-refractivity contribution in [2.45, 2.75) is 135 Å². The van der Waals surface area contributed by atoms with Crippen LogP contribution in [0.5, 0.6) is 0 Å². The first-order valence-corrected chi connectivity index (χ1v) is 15.4. The van der Waals surface area contributed by atoms with Crippen molar-refractivity contribution in [3.8, 4) is 0 Å². The van der Waals surface area contributed by atoms with Crippen molar-refractivity contribution < 1.29 is 14.6 Å². The Morgan fingerprint density at radius 2 is 1.62 bits per heavy atom. The normalized spacial score (nSPS) is 19.2. The molecule has 3 aromatic rings. The van der Waals surface area contributed by atoms with Crippen molar-refractivity contribution in [2.24, 2.45) is 0 Å². The van der Waals surface area contributed by atoms with Crippen LogP contribution >= 0.6 is 0 Å². The maximum atomic E-state index is 10.6. The van der Waals surface area contributed by atoms with Gasteiger partial charge in [0.05, 0.1) is 31.8 Å². The highest BCUT2D eigenvalue weighted by Crippen LogP contribution is 2.32. The minimum absolute atomic E-state index is 0.320. The van der Waals surface area contributed by atoms with Crippen LogP contribution in [-0.4, -0.2) is 58.4 Å². The zero-order valence-electron chi connectivity index (χ0n) is 24.2. The first-order valence-electron chi connectivity index (χ1n) is 15.4. The molecule has 4 rings (SSSR count). The van der Waals surface area contributed by atoms with E-state index in [1.165, 1.54) is 89.8 Å². The predicted octanol–water partition coefficient (Wildman–Crippen LogP) is 5.35. The highest BCUT2D eigenvalue weighted by molar-refractivity contribution is 5.81. The number of ether oxygens (including phenoxy) is 2. The monoisotopic (exact) mass is 556 g/mol. The molecule has 3 aromatic heterocycles. The lowest BCUT2D eigenvalue weighted by Gasteiger charge is -2.15. The maximum Gasteiger partial charge on any atom is 0.167 e. The molecule has 222 valence electrons. The Morgan fingerprint density at radius 1 is 0.950 bits per heavy atom. The van der Waals surface area contributed by atoms with E-state index in [4.69, 9.17) is 15.2 Å². The van der Waals surface area contributed by atoms with Gasteiger partial charge in [0.2, 0.25) is 0 Å². The fourth-order valence-electron chi connectivity index (χ4n) is 5.38. The van der Waals surface area contributed by atoms with Gasteiger partial charge < -0.3 is 20.3 Å². The van der Waals surface area contributed by atoms with Gasteiger partial charge in [0.1, 0.15) is 29.9 Å². The Balaban J connectivity index is 1.03. The highest BCUT2D eigenvalue weighted by Gasteiger charge is 2.36. The molecule has 1 aliphatic rings. The van der Waals surface area contributed by atoms with Crippen LogP contribution in [0.4, 0.5) is 5.82 Å². The molecule has 0 aliphatic carbocycles. The third kappa shape index (κ3) is 9.21. The van der Waals surface area contributed by atoms with E-state index in [9.17, 15) is 5.11 Å². The summed E-state index contributed by atoms with van der Waals surface area (Å²) in [7, 11) is 0. The molecule has 3 atom stereocenters. The van der Waals surface area contributed by atoms with Crippen molar-refractivity contribution in [2.75, 3.05) is 12.3 Å². The molecule has 0 bridgehead atoms. The average Bonchev–Trinajstić information content (AvgIpc) is 3.68. The molecule has 4 heterocycles. The molecule has 1 aliphatic heterocycles. The lowest BCUT2D eigenvalue weighted by atomic mass is 10.0. The second kappa shape index (κ2) is 16.6. The lowest BCUT2D eigenvalue weighted by molar-refractivity contribution is -0.0269. The Hall–Kier alpha value is -2.63. The number of hydrogen-bond acceptors (Lipinski definition) is 9. The number of aromatic nitrogens is 7. The molecule has 11 nitrogen and oxygen atoms in total. The standard InChI is InChI=1S/C29H48N8O3/c1-2-3-4-5-6-7-8-9-10-11-12-13-14-15-16-39-20-23-18-36(35-34-23)19-25-24(38)17-26(40-25)37-22-33-27-28(30)31-21-32-29(27)37/h18,21-22,24-26,38H,2-17,19-20H2,1H3,(H2,30,31,32)/t24-,25+,26+/m0/s1. The molecule has 40 heavy (non-hydrogen) atoms. The Bertz CT molecular complexity index is 1120. The summed E-state index contributed by atoms with van der Waals surface area (Å²) in [6.45, 7) is 3.85. The van der Waals surface area contributed by atoms with Gasteiger partial charge in [0.15, 0.2) is 11.5 Å². The number of nitrogens with two attached hydrogens (primary N) is 1. The average molecular weight is 557 g/mol. The zero-order chi connectivity index (χ0) is 28.0. The molecular weight excluding hydrogens is 508 g/mol. The number of aliphatic hydroxyl groups excluding tert-OH is 1. The summed E-state index contributed by atoms with van der Waals surface area (Å²) in [5.41, 5.74) is 7.78. The van der Waals surface area contributed by atoms with Gasteiger partial charge >= 0.3 is 0 Å². The molecule has 0 spiro atoms. The van der Waals surface area contributed by atoms with E-state index >= 15 is 0 Å². The zero-order valence-corrected chi connectivity index (χ0v) is 24.2. The molecule has 1 saturated heterocycles. The highest BCUT2D eigenvalue weighted by atomic mass is 16.5. The van der Waals surface area contributed by atoms with Gasteiger partial charge in [-0.15, -0.1) is 5.10 Å². The summed E-state index contributed by atoms with van der Waals surface area (Å²) in [4.78, 5) is 12.5. The minimum atomic E-state index is -0.647. The van der Waals surface area contributed by atoms with Gasteiger partial charge in [-0.05, 0) is 6.42 Å². The van der Waals surface area contributed by atoms with Crippen molar-refractivity contribution in [1.82, 2.24) is 34.5 Å². The smallest absolute Gasteiger partial charge is 0.167 e. The van der Waals surface area contributed by atoms with Crippen LogP contribution < -0.4 is 5.73 Å². The maximum absolute atomic E-state index is 10.6. The van der Waals surface area contributed by atoms with Crippen LogP contribution in [0.25, 0.3) is 11.2 Å². The second-order valence-corrected chi connectivity index (χ2v) is 11.1. The molecule has 0 unspecified atom stereocenters. The number of fused-ring (bicyclic) bond motifs is 1. The van der Waals surface area contributed by atoms with Crippen LogP contribution in [0.1, 0.15) is 115 Å². The lowest BCUT2D eigenvalue weighted by Crippen LogP contribution is -2.26. The number of imidazole rings is 1. The van der Waals surface area contributed by atoms with Crippen LogP contribution in [0.2, 0.25) is 0 Å². The van der Waals surface area contributed by atoms with Crippen LogP contribution in [0.15, 0.2) is 18.9 Å². The topological polar surface area (TPSA) is 139 Å². The molecule has 0 amide bonds. The van der Waals surface area contributed by atoms with Crippen molar-refractivity contribution >= 4 is 17.0 Å². The molecule has 0 saturated carbocycles. The summed E-state index contributed by atoms with van der Waals surface area (Å²) in [5, 5.41) is 19.0. The first-order chi connectivity index (χ1) is 19.7. The van der Waals surface area contributed by atoms with Gasteiger partial charge in [-0.1, -0.05) is 95.6 Å². The predicted molar refractivity (Wildman–Crippen MR) is 154 cm³/mol. The Labute approximate surface area is 237 Å². The quantitative estimate of drug-likeness (QED) is 0.176. The Morgan fingerprint density at radius 3 is 2.33 bits per heavy atom. The summed E-state index contributed by atoms with van der Waals surface area (Å²) in [6.07, 6.45) is 22.7. The van der Waals surface area contributed by atoms with Gasteiger partial charge in [-0.25, -0.2) is 19.6 Å². The van der Waals surface area contributed by atoms with Crippen molar-refractivity contribution in [3.05, 3.63) is 24.5 Å². The number of hydrogen-bond donors (Lipinski definition) is 2. The number of nitrogens with zero attached hydrogens (tertiary/aromatic N) is 7. The second-order valence-electron chi connectivity index (χ2n) is 11.1. The summed E-state index contributed by atoms with van der Waals surface area (Å²) >= 11 is 0. The number of nitrogen functional groups attached to an aromatic ring is 1. The molecule has 0 radical (unpaired) electrons.